The number of anilines is 1. The Morgan fingerprint density at radius 3 is 2.66 bits per heavy atom. The number of carbonyl (C=O) groups excluding carboxylic acids is 3. The van der Waals surface area contributed by atoms with Crippen LogP contribution >= 0.6 is 11.3 Å². The van der Waals surface area contributed by atoms with Gasteiger partial charge in [0.2, 0.25) is 0 Å². The van der Waals surface area contributed by atoms with E-state index in [1.165, 1.54) is 12.1 Å². The lowest BCUT2D eigenvalue weighted by atomic mass is 10.1. The zero-order valence-corrected chi connectivity index (χ0v) is 16.0. The molecule has 1 aliphatic rings. The number of hydrogen-bond acceptors (Lipinski definition) is 9. The normalized spacial score (nSPS) is 13.6. The number of nitro benzene ring substituents is 1. The second kappa shape index (κ2) is 9.26. The maximum absolute atomic E-state index is 12.5. The summed E-state index contributed by atoms with van der Waals surface area (Å²) in [6, 6.07) is 7.10. The summed E-state index contributed by atoms with van der Waals surface area (Å²) >= 11 is 1.16. The van der Waals surface area contributed by atoms with Crippen LogP contribution in [0, 0.1) is 10.1 Å². The number of non-ortho nitro benzene ring substituents is 1. The van der Waals surface area contributed by atoms with Crippen LogP contribution in [0.4, 0.5) is 11.4 Å². The van der Waals surface area contributed by atoms with Crippen molar-refractivity contribution >= 4 is 40.5 Å². The topological polar surface area (TPSA) is 128 Å². The van der Waals surface area contributed by atoms with Gasteiger partial charge in [-0.3, -0.25) is 25.0 Å². The van der Waals surface area contributed by atoms with Crippen LogP contribution in [0.5, 0.6) is 0 Å². The van der Waals surface area contributed by atoms with E-state index in [4.69, 9.17) is 9.47 Å². The molecule has 11 heteroatoms. The van der Waals surface area contributed by atoms with E-state index >= 15 is 0 Å². The minimum Gasteiger partial charge on any atom is -0.452 e. The number of ether oxygens (including phenoxy) is 2. The smallest absolute Gasteiger partial charge is 0.341 e. The van der Waals surface area contributed by atoms with Crippen molar-refractivity contribution in [3.63, 3.8) is 0 Å². The third kappa shape index (κ3) is 5.15. The van der Waals surface area contributed by atoms with Gasteiger partial charge >= 0.3 is 5.97 Å². The molecule has 10 nitrogen and oxygen atoms in total. The average Bonchev–Trinajstić information content (AvgIpc) is 3.27. The molecular weight excluding hydrogens is 402 g/mol. The highest BCUT2D eigenvalue weighted by Crippen LogP contribution is 2.27. The number of morpholine rings is 1. The Morgan fingerprint density at radius 1 is 1.24 bits per heavy atom. The van der Waals surface area contributed by atoms with Gasteiger partial charge in [0.15, 0.2) is 6.61 Å². The molecule has 1 aromatic carbocycles. The summed E-state index contributed by atoms with van der Waals surface area (Å²) in [5.74, 6) is -2.28. The van der Waals surface area contributed by atoms with Crippen LogP contribution in [0.2, 0.25) is 0 Å². The van der Waals surface area contributed by atoms with Crippen LogP contribution in [0.15, 0.2) is 35.7 Å². The standard InChI is InChI=1S/C18H17N3O7S/c22-16(19-17(23)15-2-1-9-29-15)11-28-18(24)13-10-12(21(25)26)3-4-14(13)20-5-7-27-8-6-20/h1-4,9-10H,5-8,11H2,(H,19,22,23). The van der Waals surface area contributed by atoms with Crippen LogP contribution in [-0.2, 0) is 14.3 Å². The zero-order valence-electron chi connectivity index (χ0n) is 15.2. The van der Waals surface area contributed by atoms with Gasteiger partial charge in [-0.25, -0.2) is 4.79 Å². The first kappa shape index (κ1) is 20.4. The lowest BCUT2D eigenvalue weighted by Crippen LogP contribution is -2.37. The first-order chi connectivity index (χ1) is 14.0. The second-order valence-corrected chi connectivity index (χ2v) is 6.94. The van der Waals surface area contributed by atoms with Crippen molar-refractivity contribution in [2.75, 3.05) is 37.8 Å². The molecule has 1 aliphatic heterocycles. The van der Waals surface area contributed by atoms with Crippen molar-refractivity contribution in [2.45, 2.75) is 0 Å². The molecule has 2 aromatic rings. The van der Waals surface area contributed by atoms with Crippen molar-refractivity contribution in [3.05, 3.63) is 56.3 Å². The quantitative estimate of drug-likeness (QED) is 0.425. The van der Waals surface area contributed by atoms with Crippen LogP contribution in [0.1, 0.15) is 20.0 Å². The van der Waals surface area contributed by atoms with Crippen LogP contribution in [0.3, 0.4) is 0 Å². The lowest BCUT2D eigenvalue weighted by Gasteiger charge is -2.30. The lowest BCUT2D eigenvalue weighted by molar-refractivity contribution is -0.384. The Labute approximate surface area is 169 Å². The molecule has 0 radical (unpaired) electrons. The number of benzene rings is 1. The number of nitrogens with zero attached hydrogens (tertiary/aromatic N) is 2. The van der Waals surface area contributed by atoms with Gasteiger partial charge in [-0.05, 0) is 17.5 Å². The Balaban J connectivity index is 1.69. The Morgan fingerprint density at radius 2 is 2.00 bits per heavy atom. The third-order valence-corrected chi connectivity index (χ3v) is 4.96. The van der Waals surface area contributed by atoms with Gasteiger partial charge in [0.1, 0.15) is 0 Å². The third-order valence-electron chi connectivity index (χ3n) is 4.09. The first-order valence-electron chi connectivity index (χ1n) is 8.61. The van der Waals surface area contributed by atoms with Crippen molar-refractivity contribution in [2.24, 2.45) is 0 Å². The van der Waals surface area contributed by atoms with Crippen LogP contribution in [-0.4, -0.2) is 55.6 Å². The minimum absolute atomic E-state index is 0.0292. The second-order valence-electron chi connectivity index (χ2n) is 5.99. The number of rotatable bonds is 6. The van der Waals surface area contributed by atoms with E-state index in [0.29, 0.717) is 36.9 Å². The molecule has 2 amide bonds. The molecule has 1 fully saturated rings. The van der Waals surface area contributed by atoms with Gasteiger partial charge in [0.25, 0.3) is 17.5 Å². The van der Waals surface area contributed by atoms with Crippen molar-refractivity contribution < 1.29 is 28.8 Å². The molecule has 0 bridgehead atoms. The number of thiophene rings is 1. The predicted octanol–water partition coefficient (Wildman–Crippen LogP) is 1.61. The van der Waals surface area contributed by atoms with E-state index in [9.17, 15) is 24.5 Å². The summed E-state index contributed by atoms with van der Waals surface area (Å²) in [4.78, 5) is 49.0. The molecule has 0 unspecified atom stereocenters. The molecule has 0 spiro atoms. The molecule has 2 heterocycles. The summed E-state index contributed by atoms with van der Waals surface area (Å²) in [5.41, 5.74) is 0.156. The SMILES string of the molecule is O=C(COC(=O)c1cc([N+](=O)[O-])ccc1N1CCOCC1)NC(=O)c1cccs1. The minimum atomic E-state index is -0.895. The predicted molar refractivity (Wildman–Crippen MR) is 103 cm³/mol. The first-order valence-corrected chi connectivity index (χ1v) is 9.49. The zero-order chi connectivity index (χ0) is 20.8. The highest BCUT2D eigenvalue weighted by atomic mass is 32.1. The molecule has 1 saturated heterocycles. The van der Waals surface area contributed by atoms with Crippen molar-refractivity contribution in [1.82, 2.24) is 5.32 Å². The summed E-state index contributed by atoms with van der Waals surface area (Å²) < 4.78 is 10.3. The summed E-state index contributed by atoms with van der Waals surface area (Å²) in [6.45, 7) is 1.24. The number of carbonyl (C=O) groups is 3. The summed E-state index contributed by atoms with van der Waals surface area (Å²) in [7, 11) is 0. The molecular formula is C18H17N3O7S. The van der Waals surface area contributed by atoms with E-state index < -0.39 is 29.3 Å². The molecule has 0 saturated carbocycles. The highest BCUT2D eigenvalue weighted by molar-refractivity contribution is 7.12. The van der Waals surface area contributed by atoms with E-state index in [0.717, 1.165) is 17.4 Å². The fourth-order valence-corrected chi connectivity index (χ4v) is 3.34. The van der Waals surface area contributed by atoms with E-state index in [-0.39, 0.29) is 11.3 Å². The summed E-state index contributed by atoms with van der Waals surface area (Å²) in [5, 5.41) is 14.9. The fraction of sp³-hybridized carbons (Fsp3) is 0.278. The Hall–Kier alpha value is -3.31. The number of esters is 1. The molecule has 0 atom stereocenters. The van der Waals surface area contributed by atoms with Gasteiger partial charge in [0.05, 0.1) is 34.3 Å². The number of hydrogen-bond donors (Lipinski definition) is 1. The number of imide groups is 1. The van der Waals surface area contributed by atoms with Gasteiger partial charge in [0, 0.05) is 25.2 Å². The molecule has 152 valence electrons. The number of nitrogens with one attached hydrogen (secondary N) is 1. The largest absolute Gasteiger partial charge is 0.452 e. The molecule has 29 heavy (non-hydrogen) atoms. The molecule has 3 rings (SSSR count). The summed E-state index contributed by atoms with van der Waals surface area (Å²) in [6.07, 6.45) is 0. The monoisotopic (exact) mass is 419 g/mol. The molecule has 0 aliphatic carbocycles. The average molecular weight is 419 g/mol. The van der Waals surface area contributed by atoms with E-state index in [1.54, 1.807) is 17.5 Å². The maximum Gasteiger partial charge on any atom is 0.341 e. The van der Waals surface area contributed by atoms with E-state index in [2.05, 4.69) is 5.32 Å². The van der Waals surface area contributed by atoms with Crippen LogP contribution < -0.4 is 10.2 Å². The number of nitro groups is 1. The van der Waals surface area contributed by atoms with Gasteiger partial charge in [-0.15, -0.1) is 11.3 Å². The van der Waals surface area contributed by atoms with Crippen molar-refractivity contribution in [1.29, 1.82) is 0 Å². The number of amides is 2. The van der Waals surface area contributed by atoms with Gasteiger partial charge in [-0.2, -0.15) is 0 Å². The maximum atomic E-state index is 12.5. The molecule has 1 N–H and O–H groups in total. The van der Waals surface area contributed by atoms with Crippen molar-refractivity contribution in [3.8, 4) is 0 Å². The van der Waals surface area contributed by atoms with E-state index in [1.807, 2.05) is 4.90 Å². The Bertz CT molecular complexity index is 924. The molecule has 1 aromatic heterocycles. The Kier molecular flexibility index (Phi) is 6.52. The highest BCUT2D eigenvalue weighted by Gasteiger charge is 2.24. The van der Waals surface area contributed by atoms with Gasteiger partial charge < -0.3 is 14.4 Å². The van der Waals surface area contributed by atoms with Crippen LogP contribution in [0.25, 0.3) is 0 Å². The fourth-order valence-electron chi connectivity index (χ4n) is 2.72. The van der Waals surface area contributed by atoms with Gasteiger partial charge in [-0.1, -0.05) is 6.07 Å².